The third-order valence-corrected chi connectivity index (χ3v) is 5.23. The second-order valence-electron chi connectivity index (χ2n) is 8.52. The number of methoxy groups -OCH3 is 1. The summed E-state index contributed by atoms with van der Waals surface area (Å²) in [5.74, 6) is -1.46. The predicted octanol–water partition coefficient (Wildman–Crippen LogP) is 0.724. The molecule has 0 fully saturated rings. The number of nitrogens with one attached hydrogen (secondary N) is 2. The maximum absolute atomic E-state index is 13.2. The zero-order valence-electron chi connectivity index (χ0n) is 20.5. The number of rotatable bonds is 6. The number of ether oxygens (including phenoxy) is 3. The molecule has 2 amide bonds. The molecule has 35 heavy (non-hydrogen) atoms. The summed E-state index contributed by atoms with van der Waals surface area (Å²) in [6.07, 6.45) is 4.26. The number of hydrogen-bond donors (Lipinski definition) is 3. The number of carbonyl (C=O) groups is 3. The molecule has 1 aromatic rings. The summed E-state index contributed by atoms with van der Waals surface area (Å²) in [5, 5.41) is 5.46. The highest BCUT2D eigenvalue weighted by Crippen LogP contribution is 2.19. The summed E-state index contributed by atoms with van der Waals surface area (Å²) in [6.45, 7) is 4.25. The van der Waals surface area contributed by atoms with E-state index in [1.807, 2.05) is 38.1 Å². The van der Waals surface area contributed by atoms with Crippen molar-refractivity contribution in [2.45, 2.75) is 44.6 Å². The van der Waals surface area contributed by atoms with Gasteiger partial charge < -0.3 is 35.2 Å². The van der Waals surface area contributed by atoms with Crippen molar-refractivity contribution in [2.24, 2.45) is 11.7 Å². The smallest absolute Gasteiger partial charge is 0.330 e. The van der Waals surface area contributed by atoms with Crippen molar-refractivity contribution in [1.82, 2.24) is 10.6 Å². The van der Waals surface area contributed by atoms with Crippen molar-refractivity contribution in [3.05, 3.63) is 42.0 Å². The third-order valence-electron chi connectivity index (χ3n) is 5.23. The van der Waals surface area contributed by atoms with E-state index in [2.05, 4.69) is 10.6 Å². The number of hydrogen-bond acceptors (Lipinski definition) is 8. The first-order valence-electron chi connectivity index (χ1n) is 11.6. The number of esters is 1. The molecule has 1 radical (unpaired) electrons. The molecule has 3 rings (SSSR count). The molecule has 2 aliphatic heterocycles. The van der Waals surface area contributed by atoms with Gasteiger partial charge in [0, 0.05) is 5.82 Å². The SMILES string of the molecule is COC(=O)[C@@H]1COC/C=C\COc2ccc(cc2)C[C@H]([B]OCN)C(=O)N[C@@H](CC(C)C)C(=O)N1. The first-order chi connectivity index (χ1) is 16.8. The highest BCUT2D eigenvalue weighted by atomic mass is 16.5. The maximum Gasteiger partial charge on any atom is 0.330 e. The van der Waals surface area contributed by atoms with Crippen LogP contribution < -0.4 is 21.1 Å². The molecule has 0 spiro atoms. The Kier molecular flexibility index (Phi) is 12.3. The van der Waals surface area contributed by atoms with Crippen LogP contribution in [0.4, 0.5) is 0 Å². The van der Waals surface area contributed by atoms with Crippen LogP contribution in [0, 0.1) is 5.92 Å². The lowest BCUT2D eigenvalue weighted by Gasteiger charge is -2.25. The zero-order chi connectivity index (χ0) is 25.6. The van der Waals surface area contributed by atoms with E-state index in [1.54, 1.807) is 12.2 Å². The molecule has 0 aliphatic carbocycles. The molecule has 10 nitrogen and oxygen atoms in total. The number of amides is 2. The summed E-state index contributed by atoms with van der Waals surface area (Å²) in [4.78, 5) is 38.5. The summed E-state index contributed by atoms with van der Waals surface area (Å²) in [6, 6.07) is 5.48. The minimum absolute atomic E-state index is 0.0825. The van der Waals surface area contributed by atoms with E-state index in [-0.39, 0.29) is 25.9 Å². The van der Waals surface area contributed by atoms with Gasteiger partial charge in [-0.2, -0.15) is 0 Å². The second kappa shape index (κ2) is 15.2. The number of benzene rings is 1. The number of fused-ring (bicyclic) bond motifs is 15. The average Bonchev–Trinajstić information content (AvgIpc) is 2.84. The van der Waals surface area contributed by atoms with Gasteiger partial charge in [0.05, 0.1) is 27.1 Å². The molecule has 0 saturated carbocycles. The first kappa shape index (κ1) is 28.4. The van der Waals surface area contributed by atoms with Crippen LogP contribution in [0.25, 0.3) is 0 Å². The van der Waals surface area contributed by atoms with E-state index in [9.17, 15) is 14.4 Å². The van der Waals surface area contributed by atoms with Crippen LogP contribution in [0.1, 0.15) is 25.8 Å². The molecule has 0 saturated heterocycles. The van der Waals surface area contributed by atoms with Crippen molar-refractivity contribution in [2.75, 3.05) is 33.7 Å². The van der Waals surface area contributed by atoms with E-state index >= 15 is 0 Å². The lowest BCUT2D eigenvalue weighted by Crippen LogP contribution is -2.54. The lowest BCUT2D eigenvalue weighted by atomic mass is 9.75. The summed E-state index contributed by atoms with van der Waals surface area (Å²) in [7, 11) is 2.61. The molecule has 0 aromatic heterocycles. The van der Waals surface area contributed by atoms with Gasteiger partial charge in [-0.1, -0.05) is 32.1 Å². The van der Waals surface area contributed by atoms with Crippen LogP contribution in [-0.2, 0) is 34.9 Å². The number of carbonyl (C=O) groups excluding carboxylic acids is 3. The van der Waals surface area contributed by atoms with Crippen LogP contribution in [-0.4, -0.2) is 71.0 Å². The summed E-state index contributed by atoms with van der Waals surface area (Å²) >= 11 is 0. The fourth-order valence-electron chi connectivity index (χ4n) is 3.45. The van der Waals surface area contributed by atoms with Gasteiger partial charge >= 0.3 is 13.5 Å². The molecule has 2 heterocycles. The molecular weight excluding hydrogens is 453 g/mol. The van der Waals surface area contributed by atoms with Gasteiger partial charge in [0.2, 0.25) is 11.8 Å². The van der Waals surface area contributed by atoms with Crippen LogP contribution >= 0.6 is 0 Å². The Labute approximate surface area is 207 Å². The van der Waals surface area contributed by atoms with E-state index in [4.69, 9.17) is 24.6 Å². The molecule has 11 heteroatoms. The topological polar surface area (TPSA) is 138 Å². The van der Waals surface area contributed by atoms with Gasteiger partial charge in [-0.25, -0.2) is 4.79 Å². The van der Waals surface area contributed by atoms with Crippen molar-refractivity contribution in [3.8, 4) is 5.75 Å². The van der Waals surface area contributed by atoms with Crippen molar-refractivity contribution in [3.63, 3.8) is 0 Å². The minimum Gasteiger partial charge on any atom is -0.490 e. The highest BCUT2D eigenvalue weighted by molar-refractivity contribution is 6.37. The quantitative estimate of drug-likeness (QED) is 0.175. The number of nitrogens with two attached hydrogens (primary N) is 1. The van der Waals surface area contributed by atoms with E-state index in [1.165, 1.54) is 14.6 Å². The van der Waals surface area contributed by atoms with E-state index in [0.717, 1.165) is 5.56 Å². The molecule has 2 aliphatic rings. The maximum atomic E-state index is 13.2. The Hall–Kier alpha value is -2.89. The first-order valence-corrected chi connectivity index (χ1v) is 11.6. The fraction of sp³-hybridized carbons (Fsp3) is 0.542. The van der Waals surface area contributed by atoms with Gasteiger partial charge in [0.1, 0.15) is 18.4 Å². The summed E-state index contributed by atoms with van der Waals surface area (Å²) < 4.78 is 21.2. The Morgan fingerprint density at radius 1 is 1.14 bits per heavy atom. The standard InChI is InChI=1S/C24H35BN3O7/c1-16(2)12-20-23(30)28-21(24(31)32-3)14-33-10-4-5-11-34-18-8-6-17(7-9-18)13-19(22(29)27-20)25-35-15-26/h4-9,16,19-21H,10-15,26H2,1-3H3,(H,27,29)(H,28,30)/b5-4-/t19-,20-,21-/m0/s1. The lowest BCUT2D eigenvalue weighted by molar-refractivity contribution is -0.147. The molecule has 4 N–H and O–H groups in total. The van der Waals surface area contributed by atoms with Crippen LogP contribution in [0.3, 0.4) is 0 Å². The van der Waals surface area contributed by atoms with Crippen molar-refractivity contribution >= 4 is 25.3 Å². The third kappa shape index (κ3) is 10.1. The zero-order valence-corrected chi connectivity index (χ0v) is 20.5. The van der Waals surface area contributed by atoms with Gasteiger partial charge in [-0.05, 0) is 42.5 Å². The van der Waals surface area contributed by atoms with Crippen molar-refractivity contribution in [1.29, 1.82) is 0 Å². The Morgan fingerprint density at radius 3 is 2.51 bits per heavy atom. The molecule has 3 atom stereocenters. The second-order valence-corrected chi connectivity index (χ2v) is 8.52. The molecule has 0 unspecified atom stereocenters. The molecule has 191 valence electrons. The van der Waals surface area contributed by atoms with Gasteiger partial charge in [0.25, 0.3) is 0 Å². The minimum atomic E-state index is -1.02. The van der Waals surface area contributed by atoms with E-state index in [0.29, 0.717) is 25.2 Å². The van der Waals surface area contributed by atoms with Gasteiger partial charge in [-0.3, -0.25) is 9.59 Å². The molecule has 2 bridgehead atoms. The Balaban J connectivity index is 2.30. The predicted molar refractivity (Wildman–Crippen MR) is 131 cm³/mol. The van der Waals surface area contributed by atoms with Gasteiger partial charge in [-0.15, -0.1) is 0 Å². The van der Waals surface area contributed by atoms with E-state index < -0.39 is 35.7 Å². The van der Waals surface area contributed by atoms with Crippen LogP contribution in [0.15, 0.2) is 36.4 Å². The Bertz CT molecular complexity index is 848. The van der Waals surface area contributed by atoms with Crippen LogP contribution in [0.5, 0.6) is 5.75 Å². The normalized spacial score (nSPS) is 23.2. The fourth-order valence-corrected chi connectivity index (χ4v) is 3.45. The van der Waals surface area contributed by atoms with Gasteiger partial charge in [0.15, 0.2) is 6.04 Å². The largest absolute Gasteiger partial charge is 0.490 e. The Morgan fingerprint density at radius 2 is 1.86 bits per heavy atom. The van der Waals surface area contributed by atoms with Crippen molar-refractivity contribution < 1.29 is 33.2 Å². The van der Waals surface area contributed by atoms with Crippen LogP contribution in [0.2, 0.25) is 5.82 Å². The summed E-state index contributed by atoms with van der Waals surface area (Å²) in [5.41, 5.74) is 6.34. The molecular formula is C24H35BN3O7. The molecule has 1 aromatic carbocycles. The highest BCUT2D eigenvalue weighted by Gasteiger charge is 2.30. The monoisotopic (exact) mass is 488 g/mol. The average molecular weight is 488 g/mol.